The molecule has 0 rings (SSSR count). The Kier molecular flexibility index (Phi) is 19.0. The molecule has 0 aliphatic heterocycles. The molecular formula is C24H44O3S. The van der Waals surface area contributed by atoms with Gasteiger partial charge in [0, 0.05) is 12.8 Å². The maximum absolute atomic E-state index is 12.0. The summed E-state index contributed by atoms with van der Waals surface area (Å²) in [6.45, 7) is 6.11. The van der Waals surface area contributed by atoms with E-state index in [4.69, 9.17) is 4.74 Å². The Bertz CT molecular complexity index is 409. The van der Waals surface area contributed by atoms with E-state index in [1.165, 1.54) is 76.0 Å². The molecule has 1 unspecified atom stereocenters. The minimum Gasteiger partial charge on any atom is -0.440 e. The molecule has 1 atom stereocenters. The fourth-order valence-corrected chi connectivity index (χ4v) is 4.09. The molecule has 0 heterocycles. The lowest BCUT2D eigenvalue weighted by atomic mass is 10.1. The largest absolute Gasteiger partial charge is 0.440 e. The molecule has 0 aromatic carbocycles. The summed E-state index contributed by atoms with van der Waals surface area (Å²) in [5.41, 5.74) is 0. The fraction of sp³-hybridized carbons (Fsp3) is 0.833. The van der Waals surface area contributed by atoms with E-state index in [1.807, 2.05) is 13.8 Å². The second kappa shape index (κ2) is 19.5. The van der Waals surface area contributed by atoms with E-state index >= 15 is 0 Å². The van der Waals surface area contributed by atoms with Crippen LogP contribution in [0.15, 0.2) is 12.2 Å². The molecular weight excluding hydrogens is 368 g/mol. The summed E-state index contributed by atoms with van der Waals surface area (Å²) < 4.78 is 5.44. The Morgan fingerprint density at radius 3 is 1.86 bits per heavy atom. The number of rotatable bonds is 20. The van der Waals surface area contributed by atoms with Crippen molar-refractivity contribution in [1.82, 2.24) is 0 Å². The van der Waals surface area contributed by atoms with Gasteiger partial charge in [-0.25, -0.2) is 0 Å². The van der Waals surface area contributed by atoms with Crippen LogP contribution in [0.3, 0.4) is 0 Å². The summed E-state index contributed by atoms with van der Waals surface area (Å²) in [6.07, 6.45) is 22.5. The maximum atomic E-state index is 12.0. The highest BCUT2D eigenvalue weighted by molar-refractivity contribution is 8.01. The topological polar surface area (TPSA) is 43.4 Å². The molecule has 0 radical (unpaired) electrons. The van der Waals surface area contributed by atoms with Gasteiger partial charge in [0.15, 0.2) is 6.29 Å². The summed E-state index contributed by atoms with van der Waals surface area (Å²) >= 11 is 1.40. The van der Waals surface area contributed by atoms with Crippen LogP contribution in [0.4, 0.5) is 0 Å². The van der Waals surface area contributed by atoms with Crippen molar-refractivity contribution < 1.29 is 14.3 Å². The minimum atomic E-state index is -0.978. The van der Waals surface area contributed by atoms with Gasteiger partial charge in [0.2, 0.25) is 4.93 Å². The summed E-state index contributed by atoms with van der Waals surface area (Å²) in [5.74, 6) is 0.514. The lowest BCUT2D eigenvalue weighted by Crippen LogP contribution is -2.33. The number of aldehydes is 1. The number of unbranched alkanes of at least 4 members (excludes halogenated alkanes) is 11. The van der Waals surface area contributed by atoms with Crippen molar-refractivity contribution >= 4 is 24.0 Å². The number of carbonyl (C=O) groups is 2. The lowest BCUT2D eigenvalue weighted by Gasteiger charge is -2.25. The quantitative estimate of drug-likeness (QED) is 0.0678. The first-order valence-electron chi connectivity index (χ1n) is 11.6. The van der Waals surface area contributed by atoms with E-state index in [0.717, 1.165) is 31.3 Å². The number of allylic oxidation sites excluding steroid dienone is 2. The van der Waals surface area contributed by atoms with Gasteiger partial charge in [0.25, 0.3) is 0 Å². The summed E-state index contributed by atoms with van der Waals surface area (Å²) in [6, 6.07) is 0. The Hall–Kier alpha value is -0.770. The predicted octanol–water partition coefficient (Wildman–Crippen LogP) is 7.63. The molecule has 0 saturated carbocycles. The van der Waals surface area contributed by atoms with Crippen LogP contribution in [0.25, 0.3) is 0 Å². The second-order valence-corrected chi connectivity index (χ2v) is 9.08. The number of esters is 1. The predicted molar refractivity (Wildman–Crippen MR) is 123 cm³/mol. The average molecular weight is 413 g/mol. The third-order valence-electron chi connectivity index (χ3n) is 4.99. The van der Waals surface area contributed by atoms with Crippen LogP contribution < -0.4 is 0 Å². The van der Waals surface area contributed by atoms with E-state index in [-0.39, 0.29) is 5.97 Å². The van der Waals surface area contributed by atoms with Crippen LogP contribution in [-0.4, -0.2) is 22.9 Å². The van der Waals surface area contributed by atoms with Crippen molar-refractivity contribution in [2.24, 2.45) is 0 Å². The molecule has 164 valence electrons. The van der Waals surface area contributed by atoms with Gasteiger partial charge in [-0.2, -0.15) is 0 Å². The van der Waals surface area contributed by atoms with Crippen LogP contribution in [0, 0.1) is 0 Å². The molecule has 0 saturated heterocycles. The van der Waals surface area contributed by atoms with Crippen molar-refractivity contribution in [3.63, 3.8) is 0 Å². The third-order valence-corrected chi connectivity index (χ3v) is 6.24. The van der Waals surface area contributed by atoms with E-state index in [0.29, 0.717) is 12.8 Å². The van der Waals surface area contributed by atoms with Crippen LogP contribution in [0.2, 0.25) is 0 Å². The number of hydrogen-bond acceptors (Lipinski definition) is 4. The van der Waals surface area contributed by atoms with Crippen LogP contribution in [0.1, 0.15) is 117 Å². The van der Waals surface area contributed by atoms with Gasteiger partial charge in [-0.3, -0.25) is 9.59 Å². The summed E-state index contributed by atoms with van der Waals surface area (Å²) in [7, 11) is 0. The molecule has 0 bridgehead atoms. The number of carbonyl (C=O) groups excluding carboxylic acids is 2. The van der Waals surface area contributed by atoms with Gasteiger partial charge in [-0.15, -0.1) is 11.8 Å². The zero-order valence-electron chi connectivity index (χ0n) is 18.7. The van der Waals surface area contributed by atoms with E-state index < -0.39 is 4.93 Å². The van der Waals surface area contributed by atoms with Crippen LogP contribution >= 0.6 is 11.8 Å². The van der Waals surface area contributed by atoms with E-state index in [2.05, 4.69) is 19.1 Å². The molecule has 0 aromatic heterocycles. The molecule has 3 nitrogen and oxygen atoms in total. The zero-order valence-corrected chi connectivity index (χ0v) is 19.5. The second-order valence-electron chi connectivity index (χ2n) is 7.52. The first kappa shape index (κ1) is 27.2. The number of hydrogen-bond donors (Lipinski definition) is 0. The highest BCUT2D eigenvalue weighted by Crippen LogP contribution is 2.29. The summed E-state index contributed by atoms with van der Waals surface area (Å²) in [5, 5.41) is 0. The van der Waals surface area contributed by atoms with E-state index in [9.17, 15) is 9.59 Å². The van der Waals surface area contributed by atoms with Crippen molar-refractivity contribution in [1.29, 1.82) is 0 Å². The Balaban J connectivity index is 3.55. The molecule has 0 aromatic rings. The molecule has 0 amide bonds. The average Bonchev–Trinajstić information content (AvgIpc) is 2.70. The Morgan fingerprint density at radius 1 is 0.821 bits per heavy atom. The van der Waals surface area contributed by atoms with Crippen LogP contribution in [0.5, 0.6) is 0 Å². The zero-order chi connectivity index (χ0) is 20.9. The van der Waals surface area contributed by atoms with Gasteiger partial charge in [0.05, 0.1) is 0 Å². The van der Waals surface area contributed by atoms with Gasteiger partial charge in [-0.1, -0.05) is 84.3 Å². The van der Waals surface area contributed by atoms with Gasteiger partial charge >= 0.3 is 5.97 Å². The van der Waals surface area contributed by atoms with Crippen LogP contribution in [-0.2, 0) is 14.3 Å². The molecule has 0 fully saturated rings. The Morgan fingerprint density at radius 2 is 1.36 bits per heavy atom. The normalized spacial score (nSPS) is 13.5. The molecule has 0 N–H and O–H groups in total. The first-order valence-corrected chi connectivity index (χ1v) is 12.6. The standard InChI is InChI=1S/C24H44O3S/c1-4-7-8-9-10-11-12-13-14-15-16-17-18-19-20-21-23(26)27-24(5-2,22-25)28-6-3/h13-14,22H,4-12,15-21H2,1-3H3/b14-13-. The maximum Gasteiger partial charge on any atom is 0.307 e. The lowest BCUT2D eigenvalue weighted by molar-refractivity contribution is -0.154. The SMILES string of the molecule is CCCCCCCC/C=C\CCCCCCCC(=O)OC(C=O)(CC)SCC. The third kappa shape index (κ3) is 15.2. The van der Waals surface area contributed by atoms with Crippen molar-refractivity contribution in [3.05, 3.63) is 12.2 Å². The molecule has 0 aliphatic rings. The number of thioether (sulfide) groups is 1. The Labute approximate surface area is 178 Å². The summed E-state index contributed by atoms with van der Waals surface area (Å²) in [4.78, 5) is 22.3. The molecule has 4 heteroatoms. The monoisotopic (exact) mass is 412 g/mol. The van der Waals surface area contributed by atoms with Gasteiger partial charge < -0.3 is 4.74 Å². The number of ether oxygens (including phenoxy) is 1. The molecule has 28 heavy (non-hydrogen) atoms. The highest BCUT2D eigenvalue weighted by Gasteiger charge is 2.31. The smallest absolute Gasteiger partial charge is 0.307 e. The highest BCUT2D eigenvalue weighted by atomic mass is 32.2. The minimum absolute atomic E-state index is 0.243. The van der Waals surface area contributed by atoms with Gasteiger partial charge in [-0.05, 0) is 37.9 Å². The fourth-order valence-electron chi connectivity index (χ4n) is 3.17. The van der Waals surface area contributed by atoms with Gasteiger partial charge in [0.1, 0.15) is 0 Å². The first-order chi connectivity index (χ1) is 13.6. The van der Waals surface area contributed by atoms with Crippen molar-refractivity contribution in [3.8, 4) is 0 Å². The molecule has 0 aliphatic carbocycles. The van der Waals surface area contributed by atoms with Crippen molar-refractivity contribution in [2.75, 3.05) is 5.75 Å². The van der Waals surface area contributed by atoms with E-state index in [1.54, 1.807) is 0 Å². The van der Waals surface area contributed by atoms with Crippen molar-refractivity contribution in [2.45, 2.75) is 122 Å². The molecule has 0 spiro atoms.